The van der Waals surface area contributed by atoms with E-state index in [-0.39, 0.29) is 17.6 Å². The Hall–Kier alpha value is -3.73. The molecular weight excluding hydrogens is 478 g/mol. The highest BCUT2D eigenvalue weighted by Crippen LogP contribution is 2.32. The molecule has 1 amide bonds. The number of H-pyrrole nitrogens is 1. The Bertz CT molecular complexity index is 1430. The third-order valence-electron chi connectivity index (χ3n) is 6.23. The number of aliphatic hydroxyl groups excluding tert-OH is 1. The van der Waals surface area contributed by atoms with Gasteiger partial charge in [-0.1, -0.05) is 48.2 Å². The van der Waals surface area contributed by atoms with E-state index in [4.69, 9.17) is 5.11 Å². The molecule has 2 atom stereocenters. The lowest BCUT2D eigenvalue weighted by Gasteiger charge is -2.14. The third kappa shape index (κ3) is 5.25. The molecule has 0 saturated carbocycles. The number of nitrogens with one attached hydrogen (secondary N) is 2. The van der Waals surface area contributed by atoms with Crippen molar-refractivity contribution < 1.29 is 19.8 Å². The first-order chi connectivity index (χ1) is 17.4. The second-order valence-electron chi connectivity index (χ2n) is 8.85. The second kappa shape index (κ2) is 10.1. The van der Waals surface area contributed by atoms with Gasteiger partial charge in [-0.05, 0) is 59.6 Å². The number of thioether (sulfide) groups is 1. The topological polar surface area (TPSA) is 131 Å². The van der Waals surface area contributed by atoms with Gasteiger partial charge in [0.25, 0.3) is 0 Å². The van der Waals surface area contributed by atoms with Crippen molar-refractivity contribution in [2.45, 2.75) is 17.8 Å². The van der Waals surface area contributed by atoms with Crippen molar-refractivity contribution in [1.82, 2.24) is 20.1 Å². The van der Waals surface area contributed by atoms with E-state index in [1.807, 2.05) is 36.4 Å². The third-order valence-corrected chi connectivity index (χ3v) is 7.06. The fraction of sp³-hybridized carbons (Fsp3) is 0.231. The van der Waals surface area contributed by atoms with Crippen LogP contribution in [0, 0.1) is 5.92 Å². The lowest BCUT2D eigenvalue weighted by atomic mass is 9.98. The van der Waals surface area contributed by atoms with Gasteiger partial charge in [-0.25, -0.2) is 4.98 Å². The summed E-state index contributed by atoms with van der Waals surface area (Å²) in [5.74, 6) is -1.09. The van der Waals surface area contributed by atoms with Crippen LogP contribution in [0.15, 0.2) is 65.8 Å². The van der Waals surface area contributed by atoms with Gasteiger partial charge in [0, 0.05) is 17.8 Å². The summed E-state index contributed by atoms with van der Waals surface area (Å²) >= 11 is 1.03. The van der Waals surface area contributed by atoms with Gasteiger partial charge in [0.15, 0.2) is 5.82 Å². The van der Waals surface area contributed by atoms with Crippen LogP contribution in [0.25, 0.3) is 33.3 Å². The van der Waals surface area contributed by atoms with Gasteiger partial charge in [-0.2, -0.15) is 0 Å². The maximum Gasteiger partial charge on any atom is 0.313 e. The zero-order chi connectivity index (χ0) is 25.2. The number of aliphatic hydroxyl groups is 1. The Morgan fingerprint density at radius 3 is 2.61 bits per heavy atom. The Balaban J connectivity index is 1.50. The Kier molecular flexibility index (Phi) is 6.73. The van der Waals surface area contributed by atoms with Gasteiger partial charge in [-0.3, -0.25) is 19.6 Å². The molecular formula is C26H25N5O4S. The average molecular weight is 504 g/mol. The van der Waals surface area contributed by atoms with Gasteiger partial charge in [0.05, 0.1) is 11.7 Å². The molecule has 2 unspecified atom stereocenters. The summed E-state index contributed by atoms with van der Waals surface area (Å²) in [6.07, 6.45) is -0.248. The molecule has 0 bridgehead atoms. The van der Waals surface area contributed by atoms with E-state index in [0.29, 0.717) is 35.2 Å². The second-order valence-corrected chi connectivity index (χ2v) is 9.79. The molecule has 1 aromatic heterocycles. The summed E-state index contributed by atoms with van der Waals surface area (Å²) in [6, 6.07) is 20.0. The number of carbonyl (C=O) groups is 2. The van der Waals surface area contributed by atoms with Crippen LogP contribution < -0.4 is 5.32 Å². The first-order valence-electron chi connectivity index (χ1n) is 11.5. The van der Waals surface area contributed by atoms with Crippen molar-refractivity contribution >= 4 is 40.1 Å². The van der Waals surface area contributed by atoms with Crippen LogP contribution in [-0.4, -0.2) is 67.7 Å². The Labute approximate surface area is 211 Å². The quantitative estimate of drug-likeness (QED) is 0.281. The van der Waals surface area contributed by atoms with E-state index < -0.39 is 12.2 Å². The molecule has 9 nitrogen and oxygen atoms in total. The lowest BCUT2D eigenvalue weighted by Crippen LogP contribution is -2.26. The minimum Gasteiger partial charge on any atom is -0.481 e. The number of fused-ring (bicyclic) bond motifs is 1. The Morgan fingerprint density at radius 1 is 1.08 bits per heavy atom. The highest BCUT2D eigenvalue weighted by atomic mass is 32.2. The van der Waals surface area contributed by atoms with E-state index in [2.05, 4.69) is 44.8 Å². The number of aromatic amines is 1. The summed E-state index contributed by atoms with van der Waals surface area (Å²) in [5.41, 5.74) is 3.16. The number of anilines is 1. The number of nitrogens with zero attached hydrogens (tertiary/aromatic N) is 3. The molecule has 0 radical (unpaired) electrons. The number of hydrogen-bond acceptors (Lipinski definition) is 7. The molecule has 36 heavy (non-hydrogen) atoms. The molecule has 0 aliphatic carbocycles. The molecule has 4 N–H and O–H groups in total. The summed E-state index contributed by atoms with van der Waals surface area (Å²) in [7, 11) is 1.79. The molecule has 5 rings (SSSR count). The van der Waals surface area contributed by atoms with E-state index in [0.717, 1.165) is 33.7 Å². The highest BCUT2D eigenvalue weighted by molar-refractivity contribution is 7.99. The predicted molar refractivity (Wildman–Crippen MR) is 138 cm³/mol. The molecule has 2 heterocycles. The highest BCUT2D eigenvalue weighted by Gasteiger charge is 2.32. The van der Waals surface area contributed by atoms with Crippen molar-refractivity contribution in [2.75, 3.05) is 24.7 Å². The van der Waals surface area contributed by atoms with Gasteiger partial charge >= 0.3 is 5.97 Å². The number of aliphatic carboxylic acids is 1. The molecule has 3 aromatic carbocycles. The van der Waals surface area contributed by atoms with Gasteiger partial charge in [0.1, 0.15) is 6.23 Å². The smallest absolute Gasteiger partial charge is 0.313 e. The Morgan fingerprint density at radius 2 is 1.86 bits per heavy atom. The SMILES string of the molecule is CN1CC(C(=O)Nc2cc(-c3ccc4ccccc4c3)cc(-c3nc(SCC(=O)O)n[nH]3)c2)CC1O. The number of carboxylic acid groups (broad SMARTS) is 1. The first-order valence-corrected chi connectivity index (χ1v) is 12.4. The summed E-state index contributed by atoms with van der Waals surface area (Å²) in [5, 5.41) is 31.5. The van der Waals surface area contributed by atoms with Gasteiger partial charge in [0.2, 0.25) is 11.1 Å². The van der Waals surface area contributed by atoms with Crippen LogP contribution in [0.1, 0.15) is 6.42 Å². The molecule has 1 aliphatic heterocycles. The van der Waals surface area contributed by atoms with E-state index in [1.54, 1.807) is 11.9 Å². The zero-order valence-corrected chi connectivity index (χ0v) is 20.3. The van der Waals surface area contributed by atoms with E-state index >= 15 is 0 Å². The number of carboxylic acids is 1. The number of benzene rings is 3. The lowest BCUT2D eigenvalue weighted by molar-refractivity contribution is -0.133. The van der Waals surface area contributed by atoms with Crippen molar-refractivity contribution in [1.29, 1.82) is 0 Å². The van der Waals surface area contributed by atoms with Crippen molar-refractivity contribution in [3.8, 4) is 22.5 Å². The van der Waals surface area contributed by atoms with Crippen molar-refractivity contribution in [3.63, 3.8) is 0 Å². The number of likely N-dealkylation sites (tertiary alicyclic amines) is 1. The summed E-state index contributed by atoms with van der Waals surface area (Å²) in [4.78, 5) is 30.1. The van der Waals surface area contributed by atoms with E-state index in [1.165, 1.54) is 0 Å². The fourth-order valence-electron chi connectivity index (χ4n) is 4.35. The minimum atomic E-state index is -0.947. The number of aromatic nitrogens is 3. The maximum absolute atomic E-state index is 13.0. The summed E-state index contributed by atoms with van der Waals surface area (Å²) in [6.45, 7) is 0.483. The van der Waals surface area contributed by atoms with E-state index in [9.17, 15) is 14.7 Å². The molecule has 4 aromatic rings. The fourth-order valence-corrected chi connectivity index (χ4v) is 4.87. The van der Waals surface area contributed by atoms with Crippen LogP contribution in [-0.2, 0) is 9.59 Å². The molecule has 1 fully saturated rings. The largest absolute Gasteiger partial charge is 0.481 e. The van der Waals surface area contributed by atoms with Crippen LogP contribution >= 0.6 is 11.8 Å². The number of amides is 1. The monoisotopic (exact) mass is 503 g/mol. The normalized spacial score (nSPS) is 17.9. The number of rotatable bonds is 7. The zero-order valence-electron chi connectivity index (χ0n) is 19.5. The van der Waals surface area contributed by atoms with Crippen LogP contribution in [0.5, 0.6) is 0 Å². The van der Waals surface area contributed by atoms with Crippen molar-refractivity contribution in [3.05, 3.63) is 60.7 Å². The van der Waals surface area contributed by atoms with Gasteiger partial charge in [-0.15, -0.1) is 5.10 Å². The first kappa shape index (κ1) is 24.0. The van der Waals surface area contributed by atoms with Crippen molar-refractivity contribution in [2.24, 2.45) is 5.92 Å². The number of carbonyl (C=O) groups excluding carboxylic acids is 1. The number of hydrogen-bond donors (Lipinski definition) is 4. The molecule has 1 saturated heterocycles. The molecule has 10 heteroatoms. The average Bonchev–Trinajstić information content (AvgIpc) is 3.48. The summed E-state index contributed by atoms with van der Waals surface area (Å²) < 4.78 is 0. The minimum absolute atomic E-state index is 0.141. The molecule has 1 aliphatic rings. The van der Waals surface area contributed by atoms with Crippen LogP contribution in [0.4, 0.5) is 5.69 Å². The predicted octanol–water partition coefficient (Wildman–Crippen LogP) is 3.68. The standard InChI is InChI=1S/C26H25N5O4S/c1-31-13-20(12-22(31)32)25(35)27-21-10-18(17-7-6-15-4-2-3-5-16(15)8-17)9-19(11-21)24-28-26(30-29-24)36-14-23(33)34/h2-11,20,22,32H,12-14H2,1H3,(H,27,35)(H,33,34)(H,28,29,30). The molecule has 184 valence electrons. The molecule has 0 spiro atoms. The maximum atomic E-state index is 13.0. The van der Waals surface area contributed by atoms with Crippen LogP contribution in [0.3, 0.4) is 0 Å². The van der Waals surface area contributed by atoms with Gasteiger partial charge < -0.3 is 15.5 Å². The van der Waals surface area contributed by atoms with Crippen LogP contribution in [0.2, 0.25) is 0 Å².